The van der Waals surface area contributed by atoms with Gasteiger partial charge < -0.3 is 20.7 Å². The molecule has 4 rings (SSSR count). The van der Waals surface area contributed by atoms with E-state index in [9.17, 15) is 14.4 Å². The predicted octanol–water partition coefficient (Wildman–Crippen LogP) is 5.35. The Balaban J connectivity index is 1.45. The van der Waals surface area contributed by atoms with Crippen LogP contribution in [0.5, 0.6) is 11.5 Å². The SMILES string of the molecule is C=CCC(C(N)=O)C(CC1CCCC1)C(=O)N[C@H]1CCCCN(Cc2cccc(Oc3ccccc3)c2)C1=O. The Morgan fingerprint density at radius 1 is 1.00 bits per heavy atom. The van der Waals surface area contributed by atoms with Crippen LogP contribution in [0.1, 0.15) is 63.4 Å². The number of carbonyl (C=O) groups excluding carboxylic acids is 3. The molecule has 1 saturated heterocycles. The van der Waals surface area contributed by atoms with Gasteiger partial charge in [0, 0.05) is 13.1 Å². The fourth-order valence-corrected chi connectivity index (χ4v) is 5.94. The highest BCUT2D eigenvalue weighted by Gasteiger charge is 2.37. The van der Waals surface area contributed by atoms with Gasteiger partial charge in [-0.25, -0.2) is 0 Å². The zero-order valence-corrected chi connectivity index (χ0v) is 22.7. The van der Waals surface area contributed by atoms with Crippen LogP contribution < -0.4 is 15.8 Å². The fraction of sp³-hybridized carbons (Fsp3) is 0.469. The van der Waals surface area contributed by atoms with Gasteiger partial charge in [-0.05, 0) is 67.9 Å². The Morgan fingerprint density at radius 3 is 2.44 bits per heavy atom. The maximum Gasteiger partial charge on any atom is 0.245 e. The van der Waals surface area contributed by atoms with E-state index in [1.807, 2.05) is 59.5 Å². The molecule has 3 N–H and O–H groups in total. The molecule has 2 unspecified atom stereocenters. The van der Waals surface area contributed by atoms with Crippen molar-refractivity contribution in [3.8, 4) is 11.5 Å². The van der Waals surface area contributed by atoms with Crippen LogP contribution in [0, 0.1) is 17.8 Å². The lowest BCUT2D eigenvalue weighted by Crippen LogP contribution is -2.50. The van der Waals surface area contributed by atoms with E-state index in [1.54, 1.807) is 6.08 Å². The van der Waals surface area contributed by atoms with Crippen molar-refractivity contribution in [2.45, 2.75) is 70.4 Å². The van der Waals surface area contributed by atoms with Crippen LogP contribution in [0.4, 0.5) is 0 Å². The molecule has 0 aromatic heterocycles. The molecule has 0 radical (unpaired) electrons. The van der Waals surface area contributed by atoms with E-state index in [0.29, 0.717) is 44.0 Å². The Bertz CT molecular complexity index is 1130. The minimum absolute atomic E-state index is 0.0887. The second-order valence-corrected chi connectivity index (χ2v) is 10.9. The molecule has 1 saturated carbocycles. The van der Waals surface area contributed by atoms with Gasteiger partial charge in [0.15, 0.2) is 0 Å². The summed E-state index contributed by atoms with van der Waals surface area (Å²) in [6, 6.07) is 16.7. The van der Waals surface area contributed by atoms with Crippen molar-refractivity contribution in [2.75, 3.05) is 6.54 Å². The molecule has 2 aromatic carbocycles. The lowest BCUT2D eigenvalue weighted by atomic mass is 9.80. The van der Waals surface area contributed by atoms with E-state index < -0.39 is 23.8 Å². The molecule has 3 amide bonds. The van der Waals surface area contributed by atoms with Crippen LogP contribution in [0.15, 0.2) is 67.3 Å². The average Bonchev–Trinajstić information content (AvgIpc) is 3.39. The summed E-state index contributed by atoms with van der Waals surface area (Å²) in [6.45, 7) is 4.83. The number of likely N-dealkylation sites (tertiary alicyclic amines) is 1. The topological polar surface area (TPSA) is 102 Å². The number of carbonyl (C=O) groups is 3. The van der Waals surface area contributed by atoms with Crippen LogP contribution in [-0.2, 0) is 20.9 Å². The third kappa shape index (κ3) is 7.94. The van der Waals surface area contributed by atoms with Crippen molar-refractivity contribution in [1.82, 2.24) is 10.2 Å². The second kappa shape index (κ2) is 14.0. The molecule has 3 atom stereocenters. The predicted molar refractivity (Wildman–Crippen MR) is 152 cm³/mol. The molecule has 1 aliphatic heterocycles. The number of nitrogens with one attached hydrogen (secondary N) is 1. The lowest BCUT2D eigenvalue weighted by molar-refractivity contribution is -0.139. The summed E-state index contributed by atoms with van der Waals surface area (Å²) in [7, 11) is 0. The Kier molecular flexibility index (Phi) is 10.2. The number of rotatable bonds is 12. The third-order valence-electron chi connectivity index (χ3n) is 8.02. The van der Waals surface area contributed by atoms with Crippen molar-refractivity contribution in [2.24, 2.45) is 23.5 Å². The Morgan fingerprint density at radius 2 is 1.72 bits per heavy atom. The summed E-state index contributed by atoms with van der Waals surface area (Å²) in [4.78, 5) is 41.4. The largest absolute Gasteiger partial charge is 0.457 e. The number of primary amides is 1. The average molecular weight is 532 g/mol. The molecule has 2 fully saturated rings. The third-order valence-corrected chi connectivity index (χ3v) is 8.02. The highest BCUT2D eigenvalue weighted by atomic mass is 16.5. The van der Waals surface area contributed by atoms with Gasteiger partial charge in [-0.1, -0.05) is 62.1 Å². The van der Waals surface area contributed by atoms with Crippen LogP contribution >= 0.6 is 0 Å². The number of para-hydroxylation sites is 1. The van der Waals surface area contributed by atoms with Crippen molar-refractivity contribution in [3.05, 3.63) is 72.8 Å². The summed E-state index contributed by atoms with van der Waals surface area (Å²) in [5.74, 6) is -0.132. The highest BCUT2D eigenvalue weighted by molar-refractivity contribution is 5.91. The van der Waals surface area contributed by atoms with E-state index in [4.69, 9.17) is 10.5 Å². The van der Waals surface area contributed by atoms with Gasteiger partial charge >= 0.3 is 0 Å². The van der Waals surface area contributed by atoms with Gasteiger partial charge in [-0.15, -0.1) is 6.58 Å². The number of allylic oxidation sites excluding steroid dienone is 1. The molecule has 7 heteroatoms. The van der Waals surface area contributed by atoms with Crippen LogP contribution in [0.2, 0.25) is 0 Å². The van der Waals surface area contributed by atoms with Gasteiger partial charge in [-0.3, -0.25) is 14.4 Å². The van der Waals surface area contributed by atoms with E-state index in [1.165, 1.54) is 0 Å². The number of ether oxygens (including phenoxy) is 1. The molecule has 2 aliphatic rings. The van der Waals surface area contributed by atoms with Crippen LogP contribution in [0.25, 0.3) is 0 Å². The van der Waals surface area contributed by atoms with E-state index in [-0.39, 0.29) is 11.8 Å². The lowest BCUT2D eigenvalue weighted by Gasteiger charge is -2.29. The first-order valence-corrected chi connectivity index (χ1v) is 14.3. The Labute approximate surface area is 231 Å². The minimum atomic E-state index is -0.618. The zero-order chi connectivity index (χ0) is 27.6. The molecular formula is C32H41N3O4. The smallest absolute Gasteiger partial charge is 0.245 e. The number of nitrogens with zero attached hydrogens (tertiary/aromatic N) is 1. The van der Waals surface area contributed by atoms with Gasteiger partial charge in [0.1, 0.15) is 17.5 Å². The number of amides is 3. The quantitative estimate of drug-likeness (QED) is 0.361. The first-order chi connectivity index (χ1) is 18.9. The second-order valence-electron chi connectivity index (χ2n) is 10.9. The van der Waals surface area contributed by atoms with E-state index >= 15 is 0 Å². The van der Waals surface area contributed by atoms with Gasteiger partial charge in [0.2, 0.25) is 17.7 Å². The molecule has 1 heterocycles. The van der Waals surface area contributed by atoms with Crippen molar-refractivity contribution in [1.29, 1.82) is 0 Å². The number of nitrogens with two attached hydrogens (primary N) is 1. The first kappa shape index (κ1) is 28.4. The number of hydrogen-bond donors (Lipinski definition) is 2. The standard InChI is InChI=1S/C32H41N3O4/c1-2-11-27(30(33)36)28(21-23-12-6-7-13-23)31(37)34-29-18-8-9-19-35(32(29)38)22-24-14-10-17-26(20-24)39-25-15-4-3-5-16-25/h2-5,10,14-17,20,23,27-29H,1,6-9,11-13,18-19,21-22H2,(H2,33,36)(H,34,37)/t27?,28?,29-/m0/s1. The van der Waals surface area contributed by atoms with Gasteiger partial charge in [0.25, 0.3) is 0 Å². The fourth-order valence-electron chi connectivity index (χ4n) is 5.94. The van der Waals surface area contributed by atoms with Gasteiger partial charge in [0.05, 0.1) is 11.8 Å². The molecule has 7 nitrogen and oxygen atoms in total. The van der Waals surface area contributed by atoms with Gasteiger partial charge in [-0.2, -0.15) is 0 Å². The summed E-state index contributed by atoms with van der Waals surface area (Å²) >= 11 is 0. The number of hydrogen-bond acceptors (Lipinski definition) is 4. The highest BCUT2D eigenvalue weighted by Crippen LogP contribution is 2.34. The molecule has 0 bridgehead atoms. The van der Waals surface area contributed by atoms with Crippen molar-refractivity contribution >= 4 is 17.7 Å². The molecule has 208 valence electrons. The summed E-state index contributed by atoms with van der Waals surface area (Å²) < 4.78 is 5.97. The zero-order valence-electron chi connectivity index (χ0n) is 22.7. The van der Waals surface area contributed by atoms with Crippen LogP contribution in [-0.4, -0.2) is 35.2 Å². The van der Waals surface area contributed by atoms with Crippen molar-refractivity contribution < 1.29 is 19.1 Å². The maximum atomic E-state index is 13.6. The first-order valence-electron chi connectivity index (χ1n) is 14.3. The number of benzene rings is 2. The summed E-state index contributed by atoms with van der Waals surface area (Å²) in [6.07, 6.45) is 9.32. The molecule has 39 heavy (non-hydrogen) atoms. The van der Waals surface area contributed by atoms with Crippen LogP contribution in [0.3, 0.4) is 0 Å². The normalized spacial score (nSPS) is 19.6. The summed E-state index contributed by atoms with van der Waals surface area (Å²) in [5.41, 5.74) is 6.70. The molecule has 1 aliphatic carbocycles. The molecule has 2 aromatic rings. The Hall–Kier alpha value is -3.61. The minimum Gasteiger partial charge on any atom is -0.457 e. The van der Waals surface area contributed by atoms with Crippen molar-refractivity contribution in [3.63, 3.8) is 0 Å². The maximum absolute atomic E-state index is 13.6. The van der Waals surface area contributed by atoms with E-state index in [2.05, 4.69) is 11.9 Å². The molecule has 0 spiro atoms. The monoisotopic (exact) mass is 531 g/mol. The van der Waals surface area contributed by atoms with E-state index in [0.717, 1.165) is 49.8 Å². The molecular weight excluding hydrogens is 490 g/mol. The summed E-state index contributed by atoms with van der Waals surface area (Å²) in [5, 5.41) is 3.04.